The van der Waals surface area contributed by atoms with E-state index in [4.69, 9.17) is 0 Å². The third kappa shape index (κ3) is 3.50. The lowest BCUT2D eigenvalue weighted by Crippen LogP contribution is -2.11. The van der Waals surface area contributed by atoms with E-state index >= 15 is 0 Å². The smallest absolute Gasteiger partial charge is 0.204 e. The predicted molar refractivity (Wildman–Crippen MR) is 58.5 cm³/mol. The molecule has 1 unspecified atom stereocenters. The van der Waals surface area contributed by atoms with Crippen molar-refractivity contribution in [2.45, 2.75) is 50.7 Å². The number of hydrogen-bond acceptors (Lipinski definition) is 3. The minimum atomic E-state index is -2.76. The van der Waals surface area contributed by atoms with Gasteiger partial charge in [-0.15, -0.1) is 0 Å². The molecule has 1 aliphatic heterocycles. The molecule has 13 heavy (non-hydrogen) atoms. The van der Waals surface area contributed by atoms with Gasteiger partial charge >= 0.3 is 0 Å². The number of rotatable bonds is 5. The molecule has 1 aliphatic rings. The van der Waals surface area contributed by atoms with Crippen molar-refractivity contribution in [2.75, 3.05) is 5.75 Å². The Bertz CT molecular complexity index is 234. The Kier molecular flexibility index (Phi) is 4.59. The summed E-state index contributed by atoms with van der Waals surface area (Å²) in [7, 11) is -1.61. The van der Waals surface area contributed by atoms with E-state index in [1.54, 1.807) is 0 Å². The van der Waals surface area contributed by atoms with Crippen LogP contribution in [0.25, 0.3) is 0 Å². The molecule has 1 saturated heterocycles. The standard InChI is InChI=1S/C9H18O2S2/c1-2-3-4-5-6-9-7-8-12-13(9,10)11/h9H,2-8H2,1H3. The molecular formula is C9H18O2S2. The van der Waals surface area contributed by atoms with Crippen molar-refractivity contribution >= 4 is 19.7 Å². The quantitative estimate of drug-likeness (QED) is 0.530. The zero-order valence-electron chi connectivity index (χ0n) is 8.16. The fraction of sp³-hybridized carbons (Fsp3) is 1.00. The molecule has 4 heteroatoms. The van der Waals surface area contributed by atoms with Crippen molar-refractivity contribution < 1.29 is 8.42 Å². The summed E-state index contributed by atoms with van der Waals surface area (Å²) >= 11 is 0. The zero-order chi connectivity index (χ0) is 9.73. The second-order valence-corrected chi connectivity index (χ2v) is 7.97. The van der Waals surface area contributed by atoms with E-state index in [1.807, 2.05) is 0 Å². The Labute approximate surface area is 84.8 Å². The van der Waals surface area contributed by atoms with Gasteiger partial charge in [-0.3, -0.25) is 0 Å². The third-order valence-electron chi connectivity index (χ3n) is 2.48. The van der Waals surface area contributed by atoms with Crippen LogP contribution in [0, 0.1) is 0 Å². The fourth-order valence-corrected chi connectivity index (χ4v) is 5.58. The van der Waals surface area contributed by atoms with Crippen LogP contribution in [0.2, 0.25) is 0 Å². The zero-order valence-corrected chi connectivity index (χ0v) is 9.79. The molecule has 0 N–H and O–H groups in total. The summed E-state index contributed by atoms with van der Waals surface area (Å²) in [5.74, 6) is 0.806. The molecule has 1 atom stereocenters. The minimum absolute atomic E-state index is 0.0330. The van der Waals surface area contributed by atoms with E-state index in [0.29, 0.717) is 0 Å². The third-order valence-corrected chi connectivity index (χ3v) is 6.80. The van der Waals surface area contributed by atoms with Gasteiger partial charge in [-0.25, -0.2) is 8.42 Å². The van der Waals surface area contributed by atoms with E-state index in [9.17, 15) is 8.42 Å². The van der Waals surface area contributed by atoms with Crippen LogP contribution in [-0.2, 0) is 8.87 Å². The number of hydrogen-bond donors (Lipinski definition) is 0. The van der Waals surface area contributed by atoms with Gasteiger partial charge in [0.2, 0.25) is 8.87 Å². The van der Waals surface area contributed by atoms with Gasteiger partial charge in [0.25, 0.3) is 0 Å². The summed E-state index contributed by atoms with van der Waals surface area (Å²) in [6.45, 7) is 2.17. The topological polar surface area (TPSA) is 34.1 Å². The van der Waals surface area contributed by atoms with Gasteiger partial charge < -0.3 is 0 Å². The van der Waals surface area contributed by atoms with Crippen molar-refractivity contribution in [2.24, 2.45) is 0 Å². The maximum Gasteiger partial charge on any atom is 0.204 e. The second-order valence-electron chi connectivity index (χ2n) is 3.57. The first-order chi connectivity index (χ1) is 6.17. The van der Waals surface area contributed by atoms with Crippen LogP contribution in [0.5, 0.6) is 0 Å². The predicted octanol–water partition coefficient (Wildman–Crippen LogP) is 2.79. The van der Waals surface area contributed by atoms with Gasteiger partial charge in [-0.05, 0) is 23.6 Å². The maximum atomic E-state index is 11.4. The van der Waals surface area contributed by atoms with Gasteiger partial charge in [0.1, 0.15) is 0 Å². The molecule has 0 aromatic heterocycles. The summed E-state index contributed by atoms with van der Waals surface area (Å²) in [4.78, 5) is 0. The molecule has 0 amide bonds. The molecular weight excluding hydrogens is 204 g/mol. The van der Waals surface area contributed by atoms with Crippen LogP contribution in [0.3, 0.4) is 0 Å². The molecule has 0 bridgehead atoms. The molecule has 0 spiro atoms. The highest BCUT2D eigenvalue weighted by atomic mass is 33.1. The van der Waals surface area contributed by atoms with Gasteiger partial charge in [0.15, 0.2) is 0 Å². The lowest BCUT2D eigenvalue weighted by molar-refractivity contribution is 0.566. The first-order valence-corrected chi connectivity index (χ1v) is 8.10. The molecule has 0 radical (unpaired) electrons. The summed E-state index contributed by atoms with van der Waals surface area (Å²) in [5.41, 5.74) is 0. The van der Waals surface area contributed by atoms with Crippen LogP contribution in [0.1, 0.15) is 45.4 Å². The normalized spacial score (nSPS) is 26.4. The van der Waals surface area contributed by atoms with Crippen molar-refractivity contribution in [3.63, 3.8) is 0 Å². The Hall–Kier alpha value is 0.300. The fourth-order valence-electron chi connectivity index (χ4n) is 1.62. The average molecular weight is 222 g/mol. The van der Waals surface area contributed by atoms with E-state index < -0.39 is 8.87 Å². The second kappa shape index (κ2) is 5.25. The molecule has 78 valence electrons. The van der Waals surface area contributed by atoms with Crippen molar-refractivity contribution in [1.82, 2.24) is 0 Å². The van der Waals surface area contributed by atoms with Crippen molar-refractivity contribution in [3.8, 4) is 0 Å². The minimum Gasteiger partial charge on any atom is -0.217 e. The molecule has 1 heterocycles. The Morgan fingerprint density at radius 1 is 1.31 bits per heavy atom. The Morgan fingerprint density at radius 3 is 2.62 bits per heavy atom. The van der Waals surface area contributed by atoms with Gasteiger partial charge in [0, 0.05) is 5.75 Å². The molecule has 0 aliphatic carbocycles. The highest BCUT2D eigenvalue weighted by Gasteiger charge is 2.31. The lowest BCUT2D eigenvalue weighted by Gasteiger charge is -2.06. The summed E-state index contributed by atoms with van der Waals surface area (Å²) in [6.07, 6.45) is 6.48. The summed E-state index contributed by atoms with van der Waals surface area (Å²) < 4.78 is 22.8. The maximum absolute atomic E-state index is 11.4. The first kappa shape index (κ1) is 11.4. The Balaban J connectivity index is 2.22. The summed E-state index contributed by atoms with van der Waals surface area (Å²) in [6, 6.07) is 0. The Morgan fingerprint density at radius 2 is 2.08 bits per heavy atom. The number of unbranched alkanes of at least 4 members (excludes halogenated alkanes) is 3. The van der Waals surface area contributed by atoms with Gasteiger partial charge in [0.05, 0.1) is 5.25 Å². The van der Waals surface area contributed by atoms with Crippen molar-refractivity contribution in [3.05, 3.63) is 0 Å². The van der Waals surface area contributed by atoms with E-state index in [1.165, 1.54) is 19.3 Å². The SMILES string of the molecule is CCCCCCC1CCSS1(=O)=O. The highest BCUT2D eigenvalue weighted by molar-refractivity contribution is 8.72. The molecule has 0 saturated carbocycles. The van der Waals surface area contributed by atoms with E-state index in [0.717, 1.165) is 35.8 Å². The van der Waals surface area contributed by atoms with Crippen LogP contribution in [-0.4, -0.2) is 19.4 Å². The van der Waals surface area contributed by atoms with Gasteiger partial charge in [-0.1, -0.05) is 32.6 Å². The molecule has 2 nitrogen and oxygen atoms in total. The summed E-state index contributed by atoms with van der Waals surface area (Å²) in [5, 5.41) is -0.0330. The largest absolute Gasteiger partial charge is 0.217 e. The highest BCUT2D eigenvalue weighted by Crippen LogP contribution is 2.33. The molecule has 0 aromatic rings. The molecule has 1 rings (SSSR count). The monoisotopic (exact) mass is 222 g/mol. The first-order valence-electron chi connectivity index (χ1n) is 5.05. The van der Waals surface area contributed by atoms with Crippen LogP contribution >= 0.6 is 10.8 Å². The molecule has 1 fully saturated rings. The molecule has 0 aromatic carbocycles. The van der Waals surface area contributed by atoms with Crippen LogP contribution in [0.4, 0.5) is 0 Å². The van der Waals surface area contributed by atoms with Crippen LogP contribution < -0.4 is 0 Å². The van der Waals surface area contributed by atoms with E-state index in [-0.39, 0.29) is 5.25 Å². The average Bonchev–Trinajstić information content (AvgIpc) is 2.40. The van der Waals surface area contributed by atoms with Gasteiger partial charge in [-0.2, -0.15) is 0 Å². The van der Waals surface area contributed by atoms with Crippen LogP contribution in [0.15, 0.2) is 0 Å². The van der Waals surface area contributed by atoms with E-state index in [2.05, 4.69) is 6.92 Å². The van der Waals surface area contributed by atoms with Crippen molar-refractivity contribution in [1.29, 1.82) is 0 Å². The lowest BCUT2D eigenvalue weighted by atomic mass is 10.1.